The largest absolute Gasteiger partial charge is 0.393 e. The molecule has 4 aliphatic rings. The highest BCUT2D eigenvalue weighted by Crippen LogP contribution is 2.56. The first-order chi connectivity index (χ1) is 14.1. The number of nitrogen functional groups attached to an aromatic ring is 1. The van der Waals surface area contributed by atoms with E-state index in [9.17, 15) is 0 Å². The van der Waals surface area contributed by atoms with Crippen molar-refractivity contribution in [1.29, 1.82) is 0 Å². The van der Waals surface area contributed by atoms with Crippen LogP contribution in [-0.2, 0) is 0 Å². The average molecular weight is 407 g/mol. The van der Waals surface area contributed by atoms with Gasteiger partial charge in [0.2, 0.25) is 0 Å². The first-order valence-electron chi connectivity index (χ1n) is 10.6. The zero-order chi connectivity index (χ0) is 19.6. The van der Waals surface area contributed by atoms with E-state index in [1.807, 2.05) is 0 Å². The number of benzene rings is 1. The van der Waals surface area contributed by atoms with Crippen LogP contribution >= 0.6 is 11.3 Å². The normalized spacial score (nSPS) is 30.0. The lowest BCUT2D eigenvalue weighted by atomic mass is 9.53. The summed E-state index contributed by atoms with van der Waals surface area (Å²) in [4.78, 5) is 13.6. The van der Waals surface area contributed by atoms with Gasteiger partial charge in [0, 0.05) is 5.54 Å². The number of thiazole rings is 1. The maximum Gasteiger partial charge on any atom is 0.189 e. The summed E-state index contributed by atoms with van der Waals surface area (Å²) in [6.07, 6.45) is 9.62. The number of aryl methyl sites for hydroxylation is 1. The number of aromatic nitrogens is 3. The Morgan fingerprint density at radius 1 is 1.03 bits per heavy atom. The Labute approximate surface area is 174 Å². The summed E-state index contributed by atoms with van der Waals surface area (Å²) < 4.78 is 1.16. The molecule has 0 amide bonds. The molecular formula is C22H26N6S. The van der Waals surface area contributed by atoms with Crippen LogP contribution in [0.5, 0.6) is 0 Å². The molecule has 4 saturated carbocycles. The summed E-state index contributed by atoms with van der Waals surface area (Å²) in [6, 6.07) is 6.24. The Balaban J connectivity index is 1.28. The zero-order valence-electron chi connectivity index (χ0n) is 16.6. The van der Waals surface area contributed by atoms with E-state index in [0.29, 0.717) is 11.5 Å². The lowest BCUT2D eigenvalue weighted by Gasteiger charge is -2.57. The van der Waals surface area contributed by atoms with Crippen LogP contribution in [0.1, 0.15) is 44.1 Å². The highest BCUT2D eigenvalue weighted by Gasteiger charge is 2.51. The molecule has 2 aromatic heterocycles. The van der Waals surface area contributed by atoms with Gasteiger partial charge in [0.15, 0.2) is 16.8 Å². The van der Waals surface area contributed by atoms with Crippen molar-refractivity contribution in [3.05, 3.63) is 30.1 Å². The Bertz CT molecular complexity index is 1050. The van der Waals surface area contributed by atoms with Gasteiger partial charge in [-0.05, 0) is 74.8 Å². The van der Waals surface area contributed by atoms with Crippen LogP contribution in [0.15, 0.2) is 24.5 Å². The molecule has 4 N–H and O–H groups in total. The van der Waals surface area contributed by atoms with E-state index >= 15 is 0 Å². The van der Waals surface area contributed by atoms with Crippen LogP contribution in [-0.4, -0.2) is 20.5 Å². The standard InChI is InChI=1S/C22H26N6S/c1-12-3-2-4-16-18(12)26-21(29-16)27-19-17(23)20(25-11-24-19)28-22-8-13-5-14(9-22)7-15(6-13)10-22/h2-4,11,13-15H,5-10,23H2,1H3,(H2,24,25,26,27,28). The second-order valence-electron chi connectivity index (χ2n) is 9.37. The van der Waals surface area contributed by atoms with Crippen LogP contribution < -0.4 is 16.4 Å². The number of hydrogen-bond acceptors (Lipinski definition) is 7. The highest BCUT2D eigenvalue weighted by atomic mass is 32.1. The molecule has 0 spiro atoms. The van der Waals surface area contributed by atoms with Crippen LogP contribution in [0.4, 0.5) is 22.5 Å². The van der Waals surface area contributed by atoms with Gasteiger partial charge < -0.3 is 16.4 Å². The summed E-state index contributed by atoms with van der Waals surface area (Å²) in [5.41, 5.74) is 9.46. The van der Waals surface area contributed by atoms with Crippen molar-refractivity contribution in [1.82, 2.24) is 15.0 Å². The van der Waals surface area contributed by atoms with Crippen LogP contribution in [0.25, 0.3) is 10.2 Å². The van der Waals surface area contributed by atoms with Gasteiger partial charge in [-0.1, -0.05) is 23.5 Å². The lowest BCUT2D eigenvalue weighted by Crippen LogP contribution is -2.55. The van der Waals surface area contributed by atoms with Crippen LogP contribution in [0.2, 0.25) is 0 Å². The monoisotopic (exact) mass is 406 g/mol. The van der Waals surface area contributed by atoms with Gasteiger partial charge in [-0.15, -0.1) is 0 Å². The summed E-state index contributed by atoms with van der Waals surface area (Å²) in [5, 5.41) is 7.92. The third-order valence-electron chi connectivity index (χ3n) is 7.15. The fraction of sp³-hybridized carbons (Fsp3) is 0.500. The summed E-state index contributed by atoms with van der Waals surface area (Å²) in [6.45, 7) is 2.08. The Morgan fingerprint density at radius 3 is 2.41 bits per heavy atom. The highest BCUT2D eigenvalue weighted by molar-refractivity contribution is 7.22. The molecule has 0 radical (unpaired) electrons. The van der Waals surface area contributed by atoms with Crippen molar-refractivity contribution in [3.63, 3.8) is 0 Å². The van der Waals surface area contributed by atoms with E-state index < -0.39 is 0 Å². The van der Waals surface area contributed by atoms with Gasteiger partial charge >= 0.3 is 0 Å². The number of fused-ring (bicyclic) bond motifs is 1. The van der Waals surface area contributed by atoms with Gasteiger partial charge in [-0.3, -0.25) is 0 Å². The van der Waals surface area contributed by atoms with Gasteiger partial charge in [0.1, 0.15) is 12.0 Å². The second kappa shape index (κ2) is 6.29. The molecule has 3 aromatic rings. The first kappa shape index (κ1) is 17.4. The van der Waals surface area contributed by atoms with Gasteiger partial charge in [0.25, 0.3) is 0 Å². The van der Waals surface area contributed by atoms with Crippen molar-refractivity contribution >= 4 is 44.0 Å². The third kappa shape index (κ3) is 2.94. The topological polar surface area (TPSA) is 88.8 Å². The Morgan fingerprint density at radius 2 is 1.72 bits per heavy atom. The minimum atomic E-state index is 0.168. The van der Waals surface area contributed by atoms with Gasteiger partial charge in [0.05, 0.1) is 10.2 Å². The van der Waals surface area contributed by atoms with Gasteiger partial charge in [-0.2, -0.15) is 0 Å². The van der Waals surface area contributed by atoms with E-state index in [0.717, 1.165) is 38.9 Å². The van der Waals surface area contributed by atoms with E-state index in [4.69, 9.17) is 10.7 Å². The summed E-state index contributed by atoms with van der Waals surface area (Å²) >= 11 is 1.62. The molecule has 2 heterocycles. The minimum absolute atomic E-state index is 0.168. The molecule has 4 fully saturated rings. The van der Waals surface area contributed by atoms with E-state index in [1.54, 1.807) is 17.7 Å². The fourth-order valence-electron chi connectivity index (χ4n) is 6.35. The van der Waals surface area contributed by atoms with E-state index in [2.05, 4.69) is 45.7 Å². The number of anilines is 4. The molecule has 4 bridgehead atoms. The predicted molar refractivity (Wildman–Crippen MR) is 119 cm³/mol. The average Bonchev–Trinajstić information content (AvgIpc) is 3.08. The maximum atomic E-state index is 6.51. The number of rotatable bonds is 4. The maximum absolute atomic E-state index is 6.51. The molecule has 150 valence electrons. The molecule has 0 atom stereocenters. The predicted octanol–water partition coefficient (Wildman–Crippen LogP) is 5.10. The van der Waals surface area contributed by atoms with Crippen molar-refractivity contribution in [2.45, 2.75) is 51.0 Å². The van der Waals surface area contributed by atoms with Crippen LogP contribution in [0.3, 0.4) is 0 Å². The minimum Gasteiger partial charge on any atom is -0.393 e. The number of nitrogens with zero attached hydrogens (tertiary/aromatic N) is 3. The third-order valence-corrected chi connectivity index (χ3v) is 8.09. The van der Waals surface area contributed by atoms with Gasteiger partial charge in [-0.25, -0.2) is 15.0 Å². The number of nitrogens with two attached hydrogens (primary N) is 1. The molecule has 7 heteroatoms. The zero-order valence-corrected chi connectivity index (χ0v) is 17.4. The number of para-hydroxylation sites is 1. The number of hydrogen-bond donors (Lipinski definition) is 3. The smallest absolute Gasteiger partial charge is 0.189 e. The number of nitrogens with one attached hydrogen (secondary N) is 2. The lowest BCUT2D eigenvalue weighted by molar-refractivity contribution is 0.0106. The first-order valence-corrected chi connectivity index (χ1v) is 11.4. The fourth-order valence-corrected chi connectivity index (χ4v) is 7.29. The van der Waals surface area contributed by atoms with Crippen molar-refractivity contribution in [3.8, 4) is 0 Å². The molecule has 0 unspecified atom stereocenters. The molecule has 1 aromatic carbocycles. The van der Waals surface area contributed by atoms with Crippen molar-refractivity contribution in [2.75, 3.05) is 16.4 Å². The SMILES string of the molecule is Cc1cccc2sc(Nc3ncnc(NC45CC6CC(CC(C6)C4)C5)c3N)nc12. The molecule has 0 saturated heterocycles. The molecule has 29 heavy (non-hydrogen) atoms. The van der Waals surface area contributed by atoms with Crippen LogP contribution in [0, 0.1) is 24.7 Å². The summed E-state index contributed by atoms with van der Waals surface area (Å²) in [5.74, 6) is 4.02. The van der Waals surface area contributed by atoms with E-state index in [1.165, 1.54) is 44.1 Å². The Kier molecular flexibility index (Phi) is 3.79. The second-order valence-corrected chi connectivity index (χ2v) is 10.4. The van der Waals surface area contributed by atoms with Crippen molar-refractivity contribution in [2.24, 2.45) is 17.8 Å². The molecular weight excluding hydrogens is 380 g/mol. The summed E-state index contributed by atoms with van der Waals surface area (Å²) in [7, 11) is 0. The Hall–Kier alpha value is -2.41. The molecule has 6 nitrogen and oxygen atoms in total. The quantitative estimate of drug-likeness (QED) is 0.558. The van der Waals surface area contributed by atoms with Crippen molar-refractivity contribution < 1.29 is 0 Å². The van der Waals surface area contributed by atoms with E-state index in [-0.39, 0.29) is 5.54 Å². The molecule has 4 aliphatic carbocycles. The molecule has 0 aliphatic heterocycles. The molecule has 7 rings (SSSR count).